The Kier molecular flexibility index (Phi) is 7.69. The van der Waals surface area contributed by atoms with Gasteiger partial charge in [0.15, 0.2) is 0 Å². The van der Waals surface area contributed by atoms with Crippen molar-refractivity contribution in [1.29, 1.82) is 0 Å². The summed E-state index contributed by atoms with van der Waals surface area (Å²) in [5.41, 5.74) is 16.2. The minimum Gasteiger partial charge on any atom is -0.496 e. The predicted octanol–water partition coefficient (Wildman–Crippen LogP) is 3.20. The van der Waals surface area contributed by atoms with Crippen LogP contribution in [0.3, 0.4) is 0 Å². The van der Waals surface area contributed by atoms with Crippen LogP contribution in [-0.2, 0) is 16.1 Å². The van der Waals surface area contributed by atoms with Gasteiger partial charge in [-0.2, -0.15) is 4.99 Å². The van der Waals surface area contributed by atoms with Crippen molar-refractivity contribution in [1.82, 2.24) is 5.48 Å². The molecule has 0 saturated heterocycles. The number of methoxy groups -OCH3 is 1. The number of hydrogen-bond acceptors (Lipinski definition) is 5. The van der Waals surface area contributed by atoms with E-state index in [2.05, 4.69) is 10.5 Å². The average molecular weight is 423 g/mol. The zero-order valence-corrected chi connectivity index (χ0v) is 16.8. The summed E-state index contributed by atoms with van der Waals surface area (Å²) in [6.45, 7) is 0. The van der Waals surface area contributed by atoms with Crippen LogP contribution in [0, 0.1) is 0 Å². The average Bonchev–Trinajstić information content (AvgIpc) is 2.65. The molecule has 0 spiro atoms. The zero-order chi connectivity index (χ0) is 20.7. The molecule has 5 N–H and O–H groups in total. The molecule has 9 heteroatoms. The molecule has 0 atom stereocenters. The highest BCUT2D eigenvalue weighted by Gasteiger charge is 2.11. The zero-order valence-electron chi connectivity index (χ0n) is 15.3. The molecule has 7 nitrogen and oxygen atoms in total. The number of halogens is 2. The van der Waals surface area contributed by atoms with Gasteiger partial charge in [0.25, 0.3) is 5.91 Å². The van der Waals surface area contributed by atoms with Crippen molar-refractivity contribution < 1.29 is 14.4 Å². The lowest BCUT2D eigenvalue weighted by molar-refractivity contribution is -0.113. The second kappa shape index (κ2) is 9.98. The van der Waals surface area contributed by atoms with Gasteiger partial charge >= 0.3 is 0 Å². The summed E-state index contributed by atoms with van der Waals surface area (Å²) >= 11 is 12.0. The molecular weight excluding hydrogens is 403 g/mol. The van der Waals surface area contributed by atoms with E-state index in [0.29, 0.717) is 32.6 Å². The van der Waals surface area contributed by atoms with Gasteiger partial charge in [0.1, 0.15) is 11.6 Å². The fourth-order valence-corrected chi connectivity index (χ4v) is 2.96. The Hall–Kier alpha value is -2.74. The lowest BCUT2D eigenvalue weighted by Gasteiger charge is -2.12. The summed E-state index contributed by atoms with van der Waals surface area (Å²) in [5, 5.41) is 0.619. The molecule has 28 heavy (non-hydrogen) atoms. The number of hydrogen-bond donors (Lipinski definition) is 3. The van der Waals surface area contributed by atoms with Crippen LogP contribution in [0.4, 0.5) is 5.69 Å². The largest absolute Gasteiger partial charge is 0.496 e. The van der Waals surface area contributed by atoms with Crippen LogP contribution < -0.4 is 21.7 Å². The quantitative estimate of drug-likeness (QED) is 0.207. The van der Waals surface area contributed by atoms with Gasteiger partial charge in [-0.1, -0.05) is 35.3 Å². The molecule has 0 saturated carbocycles. The number of nitrogens with one attached hydrogen (secondary N) is 1. The normalized spacial score (nSPS) is 12.0. The summed E-state index contributed by atoms with van der Waals surface area (Å²) in [7, 11) is 2.96. The maximum absolute atomic E-state index is 12.3. The van der Waals surface area contributed by atoms with E-state index in [0.717, 1.165) is 0 Å². The van der Waals surface area contributed by atoms with Crippen LogP contribution in [0.2, 0.25) is 10.0 Å². The number of nitrogens with two attached hydrogens (primary N) is 2. The molecule has 0 fully saturated rings. The third-order valence-electron chi connectivity index (χ3n) is 3.65. The summed E-state index contributed by atoms with van der Waals surface area (Å²) in [4.78, 5) is 21.2. The van der Waals surface area contributed by atoms with Gasteiger partial charge in [0.05, 0.1) is 35.6 Å². The molecule has 0 bridgehead atoms. The molecule has 2 rings (SSSR count). The second-order valence-electron chi connectivity index (χ2n) is 5.66. The Labute approximate surface area is 172 Å². The fraction of sp³-hybridized carbons (Fsp3) is 0.158. The van der Waals surface area contributed by atoms with Crippen molar-refractivity contribution >= 4 is 46.3 Å². The van der Waals surface area contributed by atoms with Gasteiger partial charge in [-0.3, -0.25) is 15.1 Å². The van der Waals surface area contributed by atoms with Gasteiger partial charge in [-0.05, 0) is 29.8 Å². The van der Waals surface area contributed by atoms with Crippen LogP contribution in [0.5, 0.6) is 5.75 Å². The van der Waals surface area contributed by atoms with E-state index in [9.17, 15) is 4.79 Å². The molecule has 0 aliphatic rings. The number of carbonyl (C=O) groups is 1. The van der Waals surface area contributed by atoms with Crippen LogP contribution >= 0.6 is 23.2 Å². The van der Waals surface area contributed by atoms with Crippen molar-refractivity contribution in [3.05, 3.63) is 63.6 Å². The second-order valence-corrected chi connectivity index (χ2v) is 6.47. The number of nitrogens with zero attached hydrogens (tertiary/aromatic N) is 1. The highest BCUT2D eigenvalue weighted by molar-refractivity contribution is 6.38. The SMILES string of the molecule is CONC(=CC(=O)N=C(N)Cc1cc(Cl)c(N)c(Cl)c1)c1ccccc1OC. The van der Waals surface area contributed by atoms with Crippen molar-refractivity contribution in [2.45, 2.75) is 6.42 Å². The number of amidine groups is 1. The highest BCUT2D eigenvalue weighted by atomic mass is 35.5. The Bertz CT molecular complexity index is 906. The number of hydroxylamine groups is 1. The first-order chi connectivity index (χ1) is 13.3. The minimum atomic E-state index is -0.574. The number of benzene rings is 2. The number of aliphatic imine (C=N–C) groups is 1. The molecule has 0 aromatic heterocycles. The number of ether oxygens (including phenoxy) is 1. The maximum atomic E-state index is 12.3. The van der Waals surface area contributed by atoms with E-state index >= 15 is 0 Å². The van der Waals surface area contributed by atoms with E-state index in [-0.39, 0.29) is 17.9 Å². The molecule has 2 aromatic rings. The summed E-state index contributed by atoms with van der Waals surface area (Å²) in [5.74, 6) is 0.0831. The molecular formula is C19H20Cl2N4O3. The van der Waals surface area contributed by atoms with E-state index in [1.54, 1.807) is 30.3 Å². The van der Waals surface area contributed by atoms with Gasteiger partial charge in [-0.25, -0.2) is 0 Å². The fourth-order valence-electron chi connectivity index (χ4n) is 2.42. The molecule has 0 heterocycles. The third-order valence-corrected chi connectivity index (χ3v) is 4.28. The van der Waals surface area contributed by atoms with Crippen LogP contribution in [0.15, 0.2) is 47.5 Å². The third kappa shape index (κ3) is 5.63. The first-order valence-corrected chi connectivity index (χ1v) is 8.85. The van der Waals surface area contributed by atoms with Crippen LogP contribution in [-0.4, -0.2) is 26.0 Å². The Morgan fingerprint density at radius 3 is 2.46 bits per heavy atom. The summed E-state index contributed by atoms with van der Waals surface area (Å²) in [6, 6.07) is 10.4. The topological polar surface area (TPSA) is 112 Å². The van der Waals surface area contributed by atoms with Gasteiger partial charge in [-0.15, -0.1) is 0 Å². The van der Waals surface area contributed by atoms with E-state index < -0.39 is 5.91 Å². The molecule has 0 aliphatic carbocycles. The number of rotatable bonds is 7. The lowest BCUT2D eigenvalue weighted by atomic mass is 10.1. The van der Waals surface area contributed by atoms with Gasteiger partial charge < -0.3 is 16.2 Å². The molecule has 2 aromatic carbocycles. The molecule has 0 unspecified atom stereocenters. The Morgan fingerprint density at radius 1 is 1.21 bits per heavy atom. The minimum absolute atomic E-state index is 0.0925. The number of nitrogen functional groups attached to an aromatic ring is 1. The lowest BCUT2D eigenvalue weighted by Crippen LogP contribution is -2.18. The van der Waals surface area contributed by atoms with Gasteiger partial charge in [0.2, 0.25) is 0 Å². The molecule has 0 radical (unpaired) electrons. The number of carbonyl (C=O) groups excluding carboxylic acids is 1. The van der Waals surface area contributed by atoms with Crippen molar-refractivity contribution in [2.75, 3.05) is 20.0 Å². The Balaban J connectivity index is 2.25. The standard InChI is InChI=1S/C19H20Cl2N4O3/c1-27-16-6-4-3-5-12(16)15(25-28-2)10-18(26)24-17(22)9-11-7-13(20)19(23)14(21)8-11/h3-8,10,25H,9,23H2,1-2H3,(H2,22,24,26). The van der Waals surface area contributed by atoms with Crippen LogP contribution in [0.25, 0.3) is 5.70 Å². The maximum Gasteiger partial charge on any atom is 0.273 e. The highest BCUT2D eigenvalue weighted by Crippen LogP contribution is 2.29. The number of para-hydroxylation sites is 1. The molecule has 0 aliphatic heterocycles. The smallest absolute Gasteiger partial charge is 0.273 e. The molecule has 148 valence electrons. The van der Waals surface area contributed by atoms with Crippen molar-refractivity contribution in [3.63, 3.8) is 0 Å². The van der Waals surface area contributed by atoms with E-state index in [1.165, 1.54) is 20.3 Å². The predicted molar refractivity (Wildman–Crippen MR) is 112 cm³/mol. The van der Waals surface area contributed by atoms with E-state index in [4.69, 9.17) is 44.2 Å². The van der Waals surface area contributed by atoms with Crippen LogP contribution in [0.1, 0.15) is 11.1 Å². The monoisotopic (exact) mass is 422 g/mol. The first kappa shape index (κ1) is 21.6. The van der Waals surface area contributed by atoms with Crippen molar-refractivity contribution in [2.24, 2.45) is 10.7 Å². The number of anilines is 1. The molecule has 1 amide bonds. The van der Waals surface area contributed by atoms with Crippen molar-refractivity contribution in [3.8, 4) is 5.75 Å². The first-order valence-electron chi connectivity index (χ1n) is 8.10. The summed E-state index contributed by atoms with van der Waals surface area (Å²) in [6.07, 6.45) is 1.44. The Morgan fingerprint density at radius 2 is 1.86 bits per heavy atom. The van der Waals surface area contributed by atoms with Gasteiger partial charge in [0, 0.05) is 18.1 Å². The summed E-state index contributed by atoms with van der Waals surface area (Å²) < 4.78 is 5.30. The number of amides is 1. The van der Waals surface area contributed by atoms with E-state index in [1.807, 2.05) is 6.07 Å².